The number of hydrogen-bond donors (Lipinski definition) is 1. The summed E-state index contributed by atoms with van der Waals surface area (Å²) >= 11 is 0. The third kappa shape index (κ3) is 4.68. The molecule has 0 amide bonds. The number of carboxylic acid groups (broad SMARTS) is 1. The van der Waals surface area contributed by atoms with Crippen LogP contribution in [0.4, 0.5) is 17.2 Å². The van der Waals surface area contributed by atoms with Crippen LogP contribution >= 0.6 is 0 Å². The van der Waals surface area contributed by atoms with Crippen LogP contribution in [0.5, 0.6) is 0 Å². The van der Waals surface area contributed by atoms with Crippen molar-refractivity contribution in [3.8, 4) is 0 Å². The second-order valence-corrected chi connectivity index (χ2v) is 8.77. The van der Waals surface area contributed by atoms with Crippen LogP contribution < -0.4 is 9.80 Å². The van der Waals surface area contributed by atoms with Crippen LogP contribution in [0.25, 0.3) is 0 Å². The average Bonchev–Trinajstić information content (AvgIpc) is 2.77. The third-order valence-electron chi connectivity index (χ3n) is 5.98. The number of hydrogen-bond acceptors (Lipinski definition) is 7. The highest BCUT2D eigenvalue weighted by molar-refractivity contribution is 5.95. The van der Waals surface area contributed by atoms with E-state index >= 15 is 0 Å². The Morgan fingerprint density at radius 2 is 1.68 bits per heavy atom. The lowest BCUT2D eigenvalue weighted by Gasteiger charge is -2.43. The maximum absolute atomic E-state index is 12.1. The number of aromatic carboxylic acids is 1. The van der Waals surface area contributed by atoms with Crippen LogP contribution in [0, 0.1) is 37.8 Å². The molecular formula is C25H27N5O4. The topological polar surface area (TPSA) is 113 Å². The van der Waals surface area contributed by atoms with Crippen LogP contribution in [-0.2, 0) is 0 Å². The molecule has 4 rings (SSSR count). The summed E-state index contributed by atoms with van der Waals surface area (Å²) in [7, 11) is 0. The monoisotopic (exact) mass is 461 g/mol. The molecule has 2 aromatic heterocycles. The molecule has 9 nitrogen and oxygen atoms in total. The van der Waals surface area contributed by atoms with Gasteiger partial charge in [-0.25, -0.2) is 9.78 Å². The van der Waals surface area contributed by atoms with Crippen molar-refractivity contribution in [2.45, 2.75) is 33.7 Å². The Morgan fingerprint density at radius 1 is 1.00 bits per heavy atom. The van der Waals surface area contributed by atoms with E-state index in [1.54, 1.807) is 0 Å². The van der Waals surface area contributed by atoms with Crippen LogP contribution in [0.3, 0.4) is 0 Å². The molecule has 3 heterocycles. The highest BCUT2D eigenvalue weighted by atomic mass is 16.6. The van der Waals surface area contributed by atoms with Gasteiger partial charge in [-0.15, -0.1) is 0 Å². The first kappa shape index (κ1) is 23.2. The first-order chi connectivity index (χ1) is 16.1. The fourth-order valence-electron chi connectivity index (χ4n) is 4.62. The molecule has 1 aliphatic rings. The molecule has 0 bridgehead atoms. The zero-order valence-electron chi connectivity index (χ0n) is 19.6. The normalized spacial score (nSPS) is 15.9. The van der Waals surface area contributed by atoms with Gasteiger partial charge < -0.3 is 14.9 Å². The minimum atomic E-state index is -1.20. The largest absolute Gasteiger partial charge is 0.478 e. The summed E-state index contributed by atoms with van der Waals surface area (Å²) in [6.07, 6.45) is 0. The lowest BCUT2D eigenvalue weighted by Crippen LogP contribution is -2.49. The summed E-state index contributed by atoms with van der Waals surface area (Å²) in [5.74, 6) is -0.335. The molecule has 1 saturated heterocycles. The van der Waals surface area contributed by atoms with Gasteiger partial charge >= 0.3 is 5.97 Å². The van der Waals surface area contributed by atoms with E-state index in [1.807, 2.05) is 56.9 Å². The predicted octanol–water partition coefficient (Wildman–Crippen LogP) is 4.38. The van der Waals surface area contributed by atoms with E-state index in [9.17, 15) is 20.0 Å². The summed E-state index contributed by atoms with van der Waals surface area (Å²) in [5.41, 5.74) is 4.90. The first-order valence-corrected chi connectivity index (χ1v) is 11.1. The maximum Gasteiger partial charge on any atom is 0.338 e. The van der Waals surface area contributed by atoms with Crippen molar-refractivity contribution in [3.63, 3.8) is 0 Å². The number of nitrogens with zero attached hydrogens (tertiary/aromatic N) is 5. The lowest BCUT2D eigenvalue weighted by atomic mass is 10.0. The SMILES string of the molecule is Cc1cc(C)nc(C2CN(c3cc(C)cc(C)n3)CCN2c2ccc([N+](=O)[O-])cc2C(=O)O)c1. The van der Waals surface area contributed by atoms with E-state index < -0.39 is 10.9 Å². The van der Waals surface area contributed by atoms with Crippen molar-refractivity contribution in [1.29, 1.82) is 0 Å². The van der Waals surface area contributed by atoms with E-state index in [2.05, 4.69) is 4.90 Å². The predicted molar refractivity (Wildman–Crippen MR) is 130 cm³/mol. The zero-order chi connectivity index (χ0) is 24.6. The minimum absolute atomic E-state index is 0.0958. The molecule has 176 valence electrons. The summed E-state index contributed by atoms with van der Waals surface area (Å²) in [6, 6.07) is 11.8. The van der Waals surface area contributed by atoms with Crippen LogP contribution in [0.15, 0.2) is 42.5 Å². The number of non-ortho nitro benzene ring substituents is 1. The van der Waals surface area contributed by atoms with E-state index in [0.29, 0.717) is 25.3 Å². The molecule has 1 unspecified atom stereocenters. The number of nitro benzene ring substituents is 1. The molecule has 0 saturated carbocycles. The Morgan fingerprint density at radius 3 is 2.29 bits per heavy atom. The van der Waals surface area contributed by atoms with Crippen LogP contribution in [0.2, 0.25) is 0 Å². The second-order valence-electron chi connectivity index (χ2n) is 8.77. The first-order valence-electron chi connectivity index (χ1n) is 11.1. The quantitative estimate of drug-likeness (QED) is 0.440. The number of piperazine rings is 1. The minimum Gasteiger partial charge on any atom is -0.478 e. The van der Waals surface area contributed by atoms with Crippen molar-refractivity contribution >= 4 is 23.2 Å². The van der Waals surface area contributed by atoms with Gasteiger partial charge in [-0.3, -0.25) is 15.1 Å². The Bertz CT molecular complexity index is 1240. The molecule has 1 aliphatic heterocycles. The average molecular weight is 462 g/mol. The molecule has 0 radical (unpaired) electrons. The zero-order valence-corrected chi connectivity index (χ0v) is 19.6. The Labute approximate surface area is 197 Å². The van der Waals surface area contributed by atoms with Gasteiger partial charge in [0.15, 0.2) is 0 Å². The number of benzene rings is 1. The number of nitro groups is 1. The van der Waals surface area contributed by atoms with Gasteiger partial charge in [-0.05, 0) is 69.2 Å². The number of carboxylic acids is 1. The Balaban J connectivity index is 1.81. The molecule has 9 heteroatoms. The summed E-state index contributed by atoms with van der Waals surface area (Å²) < 4.78 is 0. The Kier molecular flexibility index (Phi) is 6.19. The molecule has 1 atom stereocenters. The smallest absolute Gasteiger partial charge is 0.338 e. The highest BCUT2D eigenvalue weighted by Gasteiger charge is 2.33. The molecule has 1 aromatic carbocycles. The molecule has 34 heavy (non-hydrogen) atoms. The number of aromatic nitrogens is 2. The van der Waals surface area contributed by atoms with E-state index in [-0.39, 0.29) is 17.3 Å². The molecule has 1 fully saturated rings. The number of rotatable bonds is 5. The molecule has 1 N–H and O–H groups in total. The second kappa shape index (κ2) is 9.09. The molecular weight excluding hydrogens is 434 g/mol. The van der Waals surface area contributed by atoms with Crippen molar-refractivity contribution < 1.29 is 14.8 Å². The third-order valence-corrected chi connectivity index (χ3v) is 5.98. The van der Waals surface area contributed by atoms with Gasteiger partial charge in [-0.1, -0.05) is 0 Å². The van der Waals surface area contributed by atoms with Gasteiger partial charge in [0, 0.05) is 43.2 Å². The van der Waals surface area contributed by atoms with E-state index in [1.165, 1.54) is 12.1 Å². The Hall–Kier alpha value is -4.01. The van der Waals surface area contributed by atoms with E-state index in [0.717, 1.165) is 40.1 Å². The molecule has 0 aliphatic carbocycles. The van der Waals surface area contributed by atoms with Gasteiger partial charge in [0.25, 0.3) is 5.69 Å². The summed E-state index contributed by atoms with van der Waals surface area (Å²) in [4.78, 5) is 36.4. The highest BCUT2D eigenvalue weighted by Crippen LogP contribution is 2.35. The maximum atomic E-state index is 12.1. The fraction of sp³-hybridized carbons (Fsp3) is 0.320. The number of pyridine rings is 2. The number of carbonyl (C=O) groups is 1. The van der Waals surface area contributed by atoms with Crippen molar-refractivity contribution in [2.75, 3.05) is 29.4 Å². The number of anilines is 2. The summed E-state index contributed by atoms with van der Waals surface area (Å²) in [5, 5.41) is 21.1. The van der Waals surface area contributed by atoms with Gasteiger partial charge in [0.1, 0.15) is 5.82 Å². The molecule has 3 aromatic rings. The van der Waals surface area contributed by atoms with Crippen molar-refractivity contribution in [2.24, 2.45) is 0 Å². The standard InChI is InChI=1S/C25H27N5O4/c1-15-9-17(3)26-21(11-15)23-14-28(24-12-16(2)10-18(4)27-24)7-8-29(23)22-6-5-19(30(33)34)13-20(22)25(31)32/h5-6,9-13,23H,7-8,14H2,1-4H3,(H,31,32). The fourth-order valence-corrected chi connectivity index (χ4v) is 4.62. The van der Waals surface area contributed by atoms with Crippen LogP contribution in [0.1, 0.15) is 44.6 Å². The van der Waals surface area contributed by atoms with Crippen molar-refractivity contribution in [1.82, 2.24) is 9.97 Å². The van der Waals surface area contributed by atoms with Crippen LogP contribution in [-0.4, -0.2) is 45.6 Å². The van der Waals surface area contributed by atoms with Crippen molar-refractivity contribution in [3.05, 3.63) is 86.4 Å². The van der Waals surface area contributed by atoms with E-state index in [4.69, 9.17) is 9.97 Å². The molecule has 0 spiro atoms. The van der Waals surface area contributed by atoms with Gasteiger partial charge in [0.05, 0.1) is 27.9 Å². The van der Waals surface area contributed by atoms with Gasteiger partial charge in [0.2, 0.25) is 0 Å². The van der Waals surface area contributed by atoms with Gasteiger partial charge in [-0.2, -0.15) is 0 Å². The lowest BCUT2D eigenvalue weighted by molar-refractivity contribution is -0.384. The number of aryl methyl sites for hydroxylation is 4. The summed E-state index contributed by atoms with van der Waals surface area (Å²) in [6.45, 7) is 9.60.